The van der Waals surface area contributed by atoms with Crippen LogP contribution >= 0.6 is 0 Å². The molecule has 2 heterocycles. The second kappa shape index (κ2) is 6.64. The van der Waals surface area contributed by atoms with E-state index in [4.69, 9.17) is 15.0 Å². The maximum absolute atomic E-state index is 13.2. The van der Waals surface area contributed by atoms with E-state index in [1.165, 1.54) is 0 Å². The molecule has 27 heavy (non-hydrogen) atoms. The molecule has 0 fully saturated rings. The van der Waals surface area contributed by atoms with Crippen LogP contribution in [0.5, 0.6) is 5.75 Å². The van der Waals surface area contributed by atoms with Gasteiger partial charge in [-0.3, -0.25) is 9.69 Å². The van der Waals surface area contributed by atoms with Gasteiger partial charge in [-0.05, 0) is 43.7 Å². The van der Waals surface area contributed by atoms with E-state index in [-0.39, 0.29) is 11.7 Å². The molecule has 136 valence electrons. The van der Waals surface area contributed by atoms with Gasteiger partial charge in [-0.1, -0.05) is 35.5 Å². The van der Waals surface area contributed by atoms with Gasteiger partial charge in [-0.25, -0.2) is 0 Å². The average molecular weight is 361 g/mol. The summed E-state index contributed by atoms with van der Waals surface area (Å²) in [6.45, 7) is 4.02. The first-order valence-corrected chi connectivity index (χ1v) is 8.60. The molecule has 1 aliphatic rings. The molecule has 3 aromatic rings. The van der Waals surface area contributed by atoms with E-state index in [2.05, 4.69) is 5.16 Å². The van der Waals surface area contributed by atoms with Crippen LogP contribution < -0.4 is 15.4 Å². The van der Waals surface area contributed by atoms with Gasteiger partial charge in [0.1, 0.15) is 5.76 Å². The Morgan fingerprint density at radius 1 is 1.15 bits per heavy atom. The first-order chi connectivity index (χ1) is 13.0. The molecule has 0 saturated carbocycles. The lowest BCUT2D eigenvalue weighted by molar-refractivity contribution is -0.117. The third-order valence-corrected chi connectivity index (χ3v) is 4.54. The van der Waals surface area contributed by atoms with Crippen molar-refractivity contribution in [2.45, 2.75) is 20.4 Å². The minimum atomic E-state index is -0.239. The number of carbonyl (C=O) groups is 1. The van der Waals surface area contributed by atoms with Crippen molar-refractivity contribution >= 4 is 23.4 Å². The molecule has 1 aliphatic heterocycles. The van der Waals surface area contributed by atoms with Crippen molar-refractivity contribution in [1.82, 2.24) is 5.16 Å². The number of anilines is 2. The molecule has 0 atom stereocenters. The smallest absolute Gasteiger partial charge is 0.294 e. The van der Waals surface area contributed by atoms with Crippen LogP contribution in [-0.4, -0.2) is 11.1 Å². The van der Waals surface area contributed by atoms with Crippen LogP contribution in [0.4, 0.5) is 11.4 Å². The van der Waals surface area contributed by atoms with E-state index in [9.17, 15) is 4.79 Å². The van der Waals surface area contributed by atoms with E-state index >= 15 is 0 Å². The van der Waals surface area contributed by atoms with Crippen molar-refractivity contribution in [2.75, 3.05) is 10.6 Å². The quantitative estimate of drug-likeness (QED) is 0.566. The van der Waals surface area contributed by atoms with Crippen molar-refractivity contribution in [2.24, 2.45) is 0 Å². The Morgan fingerprint density at radius 2 is 1.93 bits per heavy atom. The number of nitrogen functional groups attached to an aromatic ring is 1. The van der Waals surface area contributed by atoms with Crippen LogP contribution in [0, 0.1) is 13.8 Å². The number of nitrogens with two attached hydrogens (primary N) is 1. The lowest BCUT2D eigenvalue weighted by Crippen LogP contribution is -2.37. The Hall–Kier alpha value is -3.54. The van der Waals surface area contributed by atoms with Gasteiger partial charge in [0.25, 0.3) is 5.91 Å². The summed E-state index contributed by atoms with van der Waals surface area (Å²) in [5.74, 6) is 1.28. The molecule has 1 amide bonds. The summed E-state index contributed by atoms with van der Waals surface area (Å²) >= 11 is 0. The summed E-state index contributed by atoms with van der Waals surface area (Å²) in [5, 5.41) is 3.98. The van der Waals surface area contributed by atoms with Crippen molar-refractivity contribution in [1.29, 1.82) is 0 Å². The Morgan fingerprint density at radius 3 is 2.63 bits per heavy atom. The minimum Gasteiger partial charge on any atom is -0.449 e. The Labute approximate surface area is 156 Å². The predicted molar refractivity (Wildman–Crippen MR) is 103 cm³/mol. The summed E-state index contributed by atoms with van der Waals surface area (Å²) in [6.07, 6.45) is 1.74. The maximum Gasteiger partial charge on any atom is 0.294 e. The number of aromatic nitrogens is 1. The Balaban J connectivity index is 1.79. The molecule has 0 radical (unpaired) electrons. The third kappa shape index (κ3) is 3.17. The highest BCUT2D eigenvalue weighted by Crippen LogP contribution is 2.38. The molecule has 6 nitrogen and oxygen atoms in total. The lowest BCUT2D eigenvalue weighted by atomic mass is 10.1. The first-order valence-electron chi connectivity index (χ1n) is 8.60. The van der Waals surface area contributed by atoms with Crippen LogP contribution in [0.3, 0.4) is 0 Å². The fourth-order valence-electron chi connectivity index (χ4n) is 3.07. The van der Waals surface area contributed by atoms with Crippen molar-refractivity contribution in [3.63, 3.8) is 0 Å². The van der Waals surface area contributed by atoms with Gasteiger partial charge in [0, 0.05) is 11.3 Å². The summed E-state index contributed by atoms with van der Waals surface area (Å²) < 4.78 is 11.1. The van der Waals surface area contributed by atoms with E-state index in [0.29, 0.717) is 29.4 Å². The van der Waals surface area contributed by atoms with Gasteiger partial charge in [0.15, 0.2) is 11.5 Å². The topological polar surface area (TPSA) is 81.6 Å². The number of carbonyl (C=O) groups excluding carboxylic acids is 1. The second-order valence-electron chi connectivity index (χ2n) is 6.44. The average Bonchev–Trinajstić information content (AvgIpc) is 2.98. The number of aryl methyl sites for hydroxylation is 2. The van der Waals surface area contributed by atoms with Crippen LogP contribution in [0.25, 0.3) is 6.08 Å². The summed E-state index contributed by atoms with van der Waals surface area (Å²) in [5.41, 5.74) is 9.65. The SMILES string of the molecule is Cc1noc(C)c1CN1C(=O)/C(=C\c2ccccc2)Oc2ccc(N)cc21. The van der Waals surface area contributed by atoms with Gasteiger partial charge in [0.2, 0.25) is 0 Å². The first kappa shape index (κ1) is 16.9. The molecule has 0 aliphatic carbocycles. The highest BCUT2D eigenvalue weighted by Gasteiger charge is 2.32. The molecule has 0 spiro atoms. The standard InChI is InChI=1S/C21H19N3O3/c1-13-17(14(2)27-23-13)12-24-18-11-16(22)8-9-19(18)26-20(21(24)25)10-15-6-4-3-5-7-15/h3-11H,12,22H2,1-2H3/b20-10+. The van der Waals surface area contributed by atoms with Crippen molar-refractivity contribution in [3.05, 3.63) is 76.9 Å². The van der Waals surface area contributed by atoms with E-state index in [1.54, 1.807) is 29.2 Å². The number of hydrogen-bond donors (Lipinski definition) is 1. The summed E-state index contributed by atoms with van der Waals surface area (Å²) in [4.78, 5) is 14.8. The zero-order valence-corrected chi connectivity index (χ0v) is 15.1. The zero-order valence-electron chi connectivity index (χ0n) is 15.1. The lowest BCUT2D eigenvalue weighted by Gasteiger charge is -2.30. The molecule has 1 aromatic heterocycles. The molecule has 0 unspecified atom stereocenters. The van der Waals surface area contributed by atoms with E-state index < -0.39 is 0 Å². The highest BCUT2D eigenvalue weighted by atomic mass is 16.5. The number of nitrogens with zero attached hydrogens (tertiary/aromatic N) is 2. The molecule has 4 rings (SSSR count). The normalized spacial score (nSPS) is 15.0. The van der Waals surface area contributed by atoms with Crippen molar-refractivity contribution in [3.8, 4) is 5.75 Å². The monoisotopic (exact) mass is 361 g/mol. The zero-order chi connectivity index (χ0) is 19.0. The predicted octanol–water partition coefficient (Wildman–Crippen LogP) is 3.84. The second-order valence-corrected chi connectivity index (χ2v) is 6.44. The maximum atomic E-state index is 13.2. The van der Waals surface area contributed by atoms with Gasteiger partial charge in [-0.2, -0.15) is 0 Å². The summed E-state index contributed by atoms with van der Waals surface area (Å²) in [6, 6.07) is 14.9. The fraction of sp³-hybridized carbons (Fsp3) is 0.143. The van der Waals surface area contributed by atoms with Crippen LogP contribution in [0.1, 0.15) is 22.6 Å². The molecule has 0 bridgehead atoms. The molecule has 0 saturated heterocycles. The number of ether oxygens (including phenoxy) is 1. The Bertz CT molecular complexity index is 1020. The van der Waals surface area contributed by atoms with Crippen LogP contribution in [-0.2, 0) is 11.3 Å². The van der Waals surface area contributed by atoms with Crippen molar-refractivity contribution < 1.29 is 14.1 Å². The largest absolute Gasteiger partial charge is 0.449 e. The fourth-order valence-corrected chi connectivity index (χ4v) is 3.07. The number of amides is 1. The Kier molecular flexibility index (Phi) is 4.16. The van der Waals surface area contributed by atoms with E-state index in [1.807, 2.05) is 44.2 Å². The van der Waals surface area contributed by atoms with Gasteiger partial charge >= 0.3 is 0 Å². The number of rotatable bonds is 3. The highest BCUT2D eigenvalue weighted by molar-refractivity contribution is 6.10. The number of benzene rings is 2. The van der Waals surface area contributed by atoms with Gasteiger partial charge < -0.3 is 15.0 Å². The van der Waals surface area contributed by atoms with Gasteiger partial charge in [0.05, 0.1) is 17.9 Å². The van der Waals surface area contributed by atoms with Gasteiger partial charge in [-0.15, -0.1) is 0 Å². The molecular weight excluding hydrogens is 342 g/mol. The van der Waals surface area contributed by atoms with Crippen LogP contribution in [0.15, 0.2) is 58.8 Å². The summed E-state index contributed by atoms with van der Waals surface area (Å²) in [7, 11) is 0. The molecule has 2 N–H and O–H groups in total. The number of fused-ring (bicyclic) bond motifs is 1. The minimum absolute atomic E-state index is 0.239. The van der Waals surface area contributed by atoms with Crippen LogP contribution in [0.2, 0.25) is 0 Å². The third-order valence-electron chi connectivity index (χ3n) is 4.54. The molecular formula is C21H19N3O3. The molecule has 2 aromatic carbocycles. The number of hydrogen-bond acceptors (Lipinski definition) is 5. The molecule has 6 heteroatoms. The van der Waals surface area contributed by atoms with E-state index in [0.717, 1.165) is 16.8 Å².